The van der Waals surface area contributed by atoms with Crippen LogP contribution in [0.15, 0.2) is 42.0 Å². The van der Waals surface area contributed by atoms with Crippen LogP contribution in [-0.2, 0) is 39.0 Å². The third kappa shape index (κ3) is 10.9. The summed E-state index contributed by atoms with van der Waals surface area (Å²) in [6.45, 7) is 19.6. The molecule has 0 spiro atoms. The fourth-order valence-corrected chi connectivity index (χ4v) is 5.56. The molecule has 3 atom stereocenters. The molecule has 1 aromatic rings. The molecule has 274 valence electrons. The van der Waals surface area contributed by atoms with E-state index in [9.17, 15) is 28.8 Å². The number of hydrogen-bond donors (Lipinski definition) is 1. The average Bonchev–Trinajstić information content (AvgIpc) is 3.28. The maximum absolute atomic E-state index is 14.4. The Morgan fingerprint density at radius 2 is 1.39 bits per heavy atom. The van der Waals surface area contributed by atoms with Gasteiger partial charge in [0, 0.05) is 37.9 Å². The maximum Gasteiger partial charge on any atom is 0.410 e. The number of rotatable bonds is 11. The van der Waals surface area contributed by atoms with Crippen LogP contribution in [0.2, 0.25) is 0 Å². The smallest absolute Gasteiger partial charge is 0.410 e. The molecule has 0 radical (unpaired) electrons. The van der Waals surface area contributed by atoms with Crippen molar-refractivity contribution in [2.45, 2.75) is 126 Å². The lowest BCUT2D eigenvalue weighted by atomic mass is 9.76. The number of imide groups is 1. The standard InChI is InChI=1S/C36H54N4O8.CH4/c1-22(2)25(21-23(3)32(45)48-40-26(41)19-20-27(40)42)38(12)31(44)28(34(4,5)6)37-30(43)29(39(13)33(46)47-35(7,8)9)36(10,11)24-17-15-14-16-18-24;/h14-18,21-22,25,28-29H,19-20H2,1-13H3,(H,37,43);1H4/b23-21+;/t25-,28-,29-;/m1./s1. The van der Waals surface area contributed by atoms with E-state index in [1.165, 1.54) is 23.8 Å². The zero-order valence-electron chi connectivity index (χ0n) is 30.8. The molecule has 1 N–H and O–H groups in total. The minimum atomic E-state index is -1.08. The fourth-order valence-electron chi connectivity index (χ4n) is 5.56. The summed E-state index contributed by atoms with van der Waals surface area (Å²) in [7, 11) is 3.09. The normalized spacial score (nSPS) is 16.0. The Bertz CT molecular complexity index is 1390. The Morgan fingerprint density at radius 1 is 0.878 bits per heavy atom. The number of amides is 5. The van der Waals surface area contributed by atoms with Crippen molar-refractivity contribution < 1.29 is 38.3 Å². The molecule has 0 aliphatic carbocycles. The van der Waals surface area contributed by atoms with Crippen LogP contribution in [0, 0.1) is 11.3 Å². The highest BCUT2D eigenvalue weighted by Crippen LogP contribution is 2.32. The molecule has 1 fully saturated rings. The van der Waals surface area contributed by atoms with Crippen LogP contribution in [-0.4, -0.2) is 88.4 Å². The number of carbonyl (C=O) groups is 6. The van der Waals surface area contributed by atoms with Gasteiger partial charge in [0.2, 0.25) is 11.8 Å². The summed E-state index contributed by atoms with van der Waals surface area (Å²) >= 11 is 0. The molecule has 0 saturated carbocycles. The molecule has 0 bridgehead atoms. The summed E-state index contributed by atoms with van der Waals surface area (Å²) < 4.78 is 5.63. The average molecular weight is 687 g/mol. The molecule has 12 heteroatoms. The van der Waals surface area contributed by atoms with Crippen molar-refractivity contribution in [1.29, 1.82) is 0 Å². The number of likely N-dealkylation sites (N-methyl/N-ethyl adjacent to an activating group) is 2. The van der Waals surface area contributed by atoms with Crippen molar-refractivity contribution >= 4 is 35.7 Å². The Hall–Kier alpha value is -4.22. The minimum absolute atomic E-state index is 0. The highest BCUT2D eigenvalue weighted by atomic mass is 16.7. The number of hydrogen-bond acceptors (Lipinski definition) is 8. The topological polar surface area (TPSA) is 143 Å². The van der Waals surface area contributed by atoms with Gasteiger partial charge in [0.15, 0.2) is 0 Å². The largest absolute Gasteiger partial charge is 0.444 e. The van der Waals surface area contributed by atoms with Crippen molar-refractivity contribution in [3.05, 3.63) is 47.5 Å². The number of ether oxygens (including phenoxy) is 1. The first-order chi connectivity index (χ1) is 21.9. The molecule has 12 nitrogen and oxygen atoms in total. The first kappa shape index (κ1) is 42.8. The Kier molecular flexibility index (Phi) is 14.4. The summed E-state index contributed by atoms with van der Waals surface area (Å²) in [5.74, 6) is -3.23. The lowest BCUT2D eigenvalue weighted by Crippen LogP contribution is -2.63. The minimum Gasteiger partial charge on any atom is -0.444 e. The Labute approximate surface area is 292 Å². The zero-order valence-corrected chi connectivity index (χ0v) is 30.8. The second-order valence-corrected chi connectivity index (χ2v) is 15.4. The van der Waals surface area contributed by atoms with E-state index in [-0.39, 0.29) is 31.8 Å². The van der Waals surface area contributed by atoms with Crippen LogP contribution in [0.1, 0.15) is 102 Å². The van der Waals surface area contributed by atoms with Gasteiger partial charge in [-0.05, 0) is 44.6 Å². The maximum atomic E-state index is 14.4. The van der Waals surface area contributed by atoms with E-state index in [4.69, 9.17) is 9.57 Å². The summed E-state index contributed by atoms with van der Waals surface area (Å²) in [5, 5.41) is 3.44. The Morgan fingerprint density at radius 3 is 1.84 bits per heavy atom. The molecule has 1 aliphatic heterocycles. The van der Waals surface area contributed by atoms with Crippen LogP contribution >= 0.6 is 0 Å². The molecule has 1 aliphatic rings. The molecule has 0 aromatic heterocycles. The summed E-state index contributed by atoms with van der Waals surface area (Å²) in [6.07, 6.45) is 0.802. The van der Waals surface area contributed by atoms with Crippen molar-refractivity contribution in [2.75, 3.05) is 14.1 Å². The fraction of sp³-hybridized carbons (Fsp3) is 0.622. The van der Waals surface area contributed by atoms with Gasteiger partial charge in [-0.3, -0.25) is 24.1 Å². The third-order valence-corrected chi connectivity index (χ3v) is 8.32. The number of hydroxylamine groups is 2. The second kappa shape index (κ2) is 16.5. The quantitative estimate of drug-likeness (QED) is 0.241. The molecule has 5 amide bonds. The van der Waals surface area contributed by atoms with E-state index in [1.807, 2.05) is 78.8 Å². The van der Waals surface area contributed by atoms with Crippen LogP contribution in [0.25, 0.3) is 0 Å². The molecule has 0 unspecified atom stereocenters. The first-order valence-electron chi connectivity index (χ1n) is 16.2. The van der Waals surface area contributed by atoms with Gasteiger partial charge in [-0.1, -0.05) is 92.3 Å². The Balaban J connectivity index is 0.0000120. The molecule has 1 aromatic carbocycles. The van der Waals surface area contributed by atoms with E-state index >= 15 is 0 Å². The van der Waals surface area contributed by atoms with Crippen molar-refractivity contribution in [2.24, 2.45) is 11.3 Å². The van der Waals surface area contributed by atoms with Crippen molar-refractivity contribution in [1.82, 2.24) is 20.2 Å². The van der Waals surface area contributed by atoms with E-state index in [2.05, 4.69) is 5.32 Å². The van der Waals surface area contributed by atoms with E-state index in [0.29, 0.717) is 5.06 Å². The summed E-state index contributed by atoms with van der Waals surface area (Å²) in [5.41, 5.74) is -1.59. The van der Waals surface area contributed by atoms with E-state index < -0.39 is 70.2 Å². The lowest BCUT2D eigenvalue weighted by molar-refractivity contribution is -0.194. The number of nitrogens with one attached hydrogen (secondary N) is 1. The second-order valence-electron chi connectivity index (χ2n) is 15.4. The number of benzene rings is 1. The van der Waals surface area contributed by atoms with Gasteiger partial charge >= 0.3 is 12.1 Å². The molecule has 1 heterocycles. The van der Waals surface area contributed by atoms with Gasteiger partial charge in [-0.15, -0.1) is 5.06 Å². The predicted octanol–water partition coefficient (Wildman–Crippen LogP) is 5.40. The SMILES string of the molecule is C.C/C(=C\[C@H](C(C)C)N(C)C(=O)[C@@H](NC(=O)[C@@H](N(C)C(=O)OC(C)(C)C)C(C)(C)c1ccccc1)C(C)(C)C)C(=O)ON1C(=O)CCC1=O. The molecular weight excluding hydrogens is 628 g/mol. The van der Waals surface area contributed by atoms with Gasteiger partial charge < -0.3 is 19.8 Å². The highest BCUT2D eigenvalue weighted by molar-refractivity contribution is 6.02. The molecule has 49 heavy (non-hydrogen) atoms. The first-order valence-corrected chi connectivity index (χ1v) is 16.2. The lowest BCUT2D eigenvalue weighted by Gasteiger charge is -2.42. The van der Waals surface area contributed by atoms with Crippen molar-refractivity contribution in [3.63, 3.8) is 0 Å². The van der Waals surface area contributed by atoms with Gasteiger partial charge in [0.1, 0.15) is 17.7 Å². The summed E-state index contributed by atoms with van der Waals surface area (Å²) in [6, 6.07) is 6.59. The number of carbonyl (C=O) groups excluding carboxylic acids is 6. The van der Waals surface area contributed by atoms with Gasteiger partial charge in [0.25, 0.3) is 11.8 Å². The monoisotopic (exact) mass is 686 g/mol. The van der Waals surface area contributed by atoms with E-state index in [1.54, 1.807) is 33.9 Å². The number of nitrogens with zero attached hydrogens (tertiary/aromatic N) is 3. The molecule has 2 rings (SSSR count). The van der Waals surface area contributed by atoms with Gasteiger partial charge in [0.05, 0.1) is 6.04 Å². The van der Waals surface area contributed by atoms with E-state index in [0.717, 1.165) is 5.56 Å². The summed E-state index contributed by atoms with van der Waals surface area (Å²) in [4.78, 5) is 86.5. The van der Waals surface area contributed by atoms with Crippen LogP contribution in [0.4, 0.5) is 4.79 Å². The predicted molar refractivity (Wildman–Crippen MR) is 188 cm³/mol. The van der Waals surface area contributed by atoms with Crippen LogP contribution in [0.5, 0.6) is 0 Å². The van der Waals surface area contributed by atoms with Crippen LogP contribution in [0.3, 0.4) is 0 Å². The zero-order chi connectivity index (χ0) is 36.9. The third-order valence-electron chi connectivity index (χ3n) is 8.32. The van der Waals surface area contributed by atoms with Gasteiger partial charge in [-0.2, -0.15) is 0 Å². The van der Waals surface area contributed by atoms with Crippen LogP contribution < -0.4 is 5.32 Å². The molecule has 1 saturated heterocycles. The highest BCUT2D eigenvalue weighted by Gasteiger charge is 2.46. The molecular formula is C37H58N4O8. The van der Waals surface area contributed by atoms with Crippen molar-refractivity contribution in [3.8, 4) is 0 Å². The van der Waals surface area contributed by atoms with Gasteiger partial charge in [-0.25, -0.2) is 9.59 Å².